The Hall–Kier alpha value is -1.33. The molecule has 0 aliphatic carbocycles. The summed E-state index contributed by atoms with van der Waals surface area (Å²) in [6.45, 7) is 8.93. The topological polar surface area (TPSA) is 51.5 Å². The van der Waals surface area contributed by atoms with Crippen molar-refractivity contribution in [1.29, 1.82) is 0 Å². The van der Waals surface area contributed by atoms with Crippen LogP contribution in [-0.4, -0.2) is 19.4 Å². The van der Waals surface area contributed by atoms with Crippen LogP contribution in [0.1, 0.15) is 27.7 Å². The highest BCUT2D eigenvalue weighted by atomic mass is 32.2. The minimum absolute atomic E-state index is 0.0222. The molecule has 1 N–H and O–H groups in total. The Bertz CT molecular complexity index is 631. The summed E-state index contributed by atoms with van der Waals surface area (Å²) in [5.74, 6) is 1.12. The number of hydrogen-bond acceptors (Lipinski definition) is 2. The Morgan fingerprint density at radius 1 is 1.30 bits per heavy atom. The quantitative estimate of drug-likeness (QED) is 0.856. The summed E-state index contributed by atoms with van der Waals surface area (Å²) in [6.07, 6.45) is 1.78. The van der Waals surface area contributed by atoms with Crippen molar-refractivity contribution in [1.82, 2.24) is 4.57 Å². The van der Waals surface area contributed by atoms with Crippen LogP contribution in [0.2, 0.25) is 0 Å². The smallest absolute Gasteiger partial charge is 0.188 e. The fraction of sp³-hybridized carbons (Fsp3) is 0.467. The summed E-state index contributed by atoms with van der Waals surface area (Å²) in [5, 5.41) is 0.739. The fourth-order valence-corrected chi connectivity index (χ4v) is 2.91. The van der Waals surface area contributed by atoms with E-state index >= 15 is 0 Å². The number of nitrogens with zero attached hydrogens (tertiary/aromatic N) is 1. The minimum Gasteiger partial charge on any atom is -0.490 e. The van der Waals surface area contributed by atoms with Gasteiger partial charge in [-0.25, -0.2) is 4.21 Å². The zero-order valence-electron chi connectivity index (χ0n) is 12.3. The van der Waals surface area contributed by atoms with Gasteiger partial charge in [0, 0.05) is 12.7 Å². The van der Waals surface area contributed by atoms with Gasteiger partial charge in [-0.15, -0.1) is 0 Å². The molecule has 110 valence electrons. The van der Waals surface area contributed by atoms with Crippen molar-refractivity contribution >= 4 is 22.0 Å². The van der Waals surface area contributed by atoms with Crippen molar-refractivity contribution < 1.29 is 13.5 Å². The second kappa shape index (κ2) is 5.97. The number of aromatic nitrogens is 1. The van der Waals surface area contributed by atoms with Gasteiger partial charge in [0.25, 0.3) is 0 Å². The Morgan fingerprint density at radius 2 is 2.00 bits per heavy atom. The fourth-order valence-electron chi connectivity index (χ4n) is 2.31. The maximum Gasteiger partial charge on any atom is 0.188 e. The van der Waals surface area contributed by atoms with Crippen LogP contribution >= 0.6 is 0 Å². The molecule has 1 aromatic heterocycles. The van der Waals surface area contributed by atoms with E-state index in [1.165, 1.54) is 0 Å². The van der Waals surface area contributed by atoms with Gasteiger partial charge in [-0.2, -0.15) is 0 Å². The van der Waals surface area contributed by atoms with Crippen LogP contribution in [0.5, 0.6) is 5.75 Å². The molecule has 0 saturated heterocycles. The molecule has 1 aromatic carbocycles. The number of rotatable bonds is 5. The average molecular weight is 295 g/mol. The van der Waals surface area contributed by atoms with E-state index < -0.39 is 11.1 Å². The van der Waals surface area contributed by atoms with Crippen LogP contribution in [-0.2, 0) is 17.6 Å². The van der Waals surface area contributed by atoms with Crippen LogP contribution in [0.4, 0.5) is 0 Å². The third kappa shape index (κ3) is 3.04. The van der Waals surface area contributed by atoms with Crippen LogP contribution in [0.15, 0.2) is 29.3 Å². The Labute approximate surface area is 122 Å². The van der Waals surface area contributed by atoms with Gasteiger partial charge in [0.05, 0.1) is 21.9 Å². The van der Waals surface area contributed by atoms with E-state index in [4.69, 9.17) is 4.74 Å². The number of benzene rings is 1. The lowest BCUT2D eigenvalue weighted by molar-refractivity contribution is 0.245. The van der Waals surface area contributed by atoms with Gasteiger partial charge in [-0.1, -0.05) is 19.9 Å². The summed E-state index contributed by atoms with van der Waals surface area (Å²) >= 11 is -2.02. The van der Waals surface area contributed by atoms with E-state index in [2.05, 4.69) is 13.8 Å². The number of ether oxygens (including phenoxy) is 1. The maximum absolute atomic E-state index is 11.6. The third-order valence-corrected chi connectivity index (χ3v) is 3.63. The normalized spacial score (nSPS) is 13.3. The molecule has 1 heterocycles. The van der Waals surface area contributed by atoms with Gasteiger partial charge in [0.2, 0.25) is 0 Å². The van der Waals surface area contributed by atoms with Crippen molar-refractivity contribution in [2.24, 2.45) is 5.92 Å². The Kier molecular flexibility index (Phi) is 4.50. The van der Waals surface area contributed by atoms with E-state index in [1.807, 2.05) is 36.6 Å². The molecular weight excluding hydrogens is 274 g/mol. The van der Waals surface area contributed by atoms with E-state index in [9.17, 15) is 8.76 Å². The highest BCUT2D eigenvalue weighted by Gasteiger charge is 2.18. The molecule has 0 radical (unpaired) electrons. The molecule has 0 aliphatic heterocycles. The Balaban J connectivity index is 2.65. The zero-order valence-corrected chi connectivity index (χ0v) is 13.1. The van der Waals surface area contributed by atoms with Crippen molar-refractivity contribution in [3.63, 3.8) is 0 Å². The maximum atomic E-state index is 11.6. The zero-order chi connectivity index (χ0) is 14.9. The van der Waals surface area contributed by atoms with Crippen LogP contribution in [0.25, 0.3) is 10.9 Å². The third-order valence-electron chi connectivity index (χ3n) is 2.95. The van der Waals surface area contributed by atoms with Crippen molar-refractivity contribution in [2.75, 3.05) is 0 Å². The van der Waals surface area contributed by atoms with Crippen molar-refractivity contribution in [3.05, 3.63) is 24.4 Å². The molecule has 4 nitrogen and oxygen atoms in total. The Morgan fingerprint density at radius 3 is 2.55 bits per heavy atom. The predicted octanol–water partition coefficient (Wildman–Crippen LogP) is 3.67. The first-order valence-corrected chi connectivity index (χ1v) is 7.90. The first-order valence-electron chi connectivity index (χ1n) is 6.79. The van der Waals surface area contributed by atoms with Gasteiger partial charge in [0.15, 0.2) is 11.1 Å². The molecule has 0 saturated carbocycles. The number of hydrogen-bond donors (Lipinski definition) is 1. The molecule has 20 heavy (non-hydrogen) atoms. The average Bonchev–Trinajstić information content (AvgIpc) is 2.68. The molecule has 0 aliphatic rings. The molecule has 0 amide bonds. The first kappa shape index (κ1) is 15.1. The first-order chi connectivity index (χ1) is 9.40. The van der Waals surface area contributed by atoms with Crippen molar-refractivity contribution in [3.8, 4) is 5.75 Å². The largest absolute Gasteiger partial charge is 0.490 e. The highest BCUT2D eigenvalue weighted by molar-refractivity contribution is 7.79. The van der Waals surface area contributed by atoms with Gasteiger partial charge in [-0.05, 0) is 31.9 Å². The molecule has 1 unspecified atom stereocenters. The lowest BCUT2D eigenvalue weighted by atomic mass is 10.2. The van der Waals surface area contributed by atoms with E-state index in [0.29, 0.717) is 16.6 Å². The summed E-state index contributed by atoms with van der Waals surface area (Å²) in [7, 11) is 0. The van der Waals surface area contributed by atoms with Crippen LogP contribution in [0.3, 0.4) is 0 Å². The highest BCUT2D eigenvalue weighted by Crippen LogP contribution is 2.33. The summed E-state index contributed by atoms with van der Waals surface area (Å²) in [5.41, 5.74) is 0.939. The van der Waals surface area contributed by atoms with E-state index in [-0.39, 0.29) is 6.10 Å². The molecule has 0 spiro atoms. The molecule has 5 heteroatoms. The van der Waals surface area contributed by atoms with Crippen molar-refractivity contribution in [2.45, 2.75) is 45.2 Å². The van der Waals surface area contributed by atoms with E-state index in [1.54, 1.807) is 6.20 Å². The van der Waals surface area contributed by atoms with Gasteiger partial charge in [0.1, 0.15) is 5.75 Å². The molecule has 0 bridgehead atoms. The molecular formula is C15H21NO3S. The van der Waals surface area contributed by atoms with Crippen LogP contribution < -0.4 is 4.74 Å². The summed E-state index contributed by atoms with van der Waals surface area (Å²) < 4.78 is 28.9. The van der Waals surface area contributed by atoms with Crippen LogP contribution in [0, 0.1) is 5.92 Å². The minimum atomic E-state index is -2.02. The lowest BCUT2D eigenvalue weighted by Crippen LogP contribution is -2.06. The number of fused-ring (bicyclic) bond motifs is 1. The monoisotopic (exact) mass is 295 g/mol. The predicted molar refractivity (Wildman–Crippen MR) is 81.6 cm³/mol. The molecule has 0 fully saturated rings. The lowest BCUT2D eigenvalue weighted by Gasteiger charge is -2.12. The van der Waals surface area contributed by atoms with Gasteiger partial charge in [-0.3, -0.25) is 0 Å². The molecule has 2 rings (SSSR count). The molecule has 2 aromatic rings. The standard InChI is InChI=1S/C15H21NO3S/c1-10(2)8-16-9-14(20(17)18)15-12(16)6-5-7-13(15)19-11(3)4/h5-7,9-11H,8H2,1-4H3,(H,17,18). The summed E-state index contributed by atoms with van der Waals surface area (Å²) in [4.78, 5) is 0.414. The second-order valence-corrected chi connectivity index (χ2v) is 6.54. The second-order valence-electron chi connectivity index (χ2n) is 5.61. The van der Waals surface area contributed by atoms with Gasteiger partial charge >= 0.3 is 0 Å². The SMILES string of the molecule is CC(C)Cn1cc(S(=O)O)c2c(OC(C)C)cccc21. The van der Waals surface area contributed by atoms with Gasteiger partial charge < -0.3 is 13.9 Å². The molecule has 1 atom stereocenters. The van der Waals surface area contributed by atoms with E-state index in [0.717, 1.165) is 17.4 Å². The summed E-state index contributed by atoms with van der Waals surface area (Å²) in [6, 6.07) is 5.72.